The number of carbonyl (C=O) groups is 3. The van der Waals surface area contributed by atoms with Crippen molar-refractivity contribution in [2.45, 2.75) is 12.5 Å². The number of carbonyl (C=O) groups excluding carboxylic acids is 3. The van der Waals surface area contributed by atoms with Gasteiger partial charge in [0.05, 0.1) is 18.5 Å². The van der Waals surface area contributed by atoms with E-state index >= 15 is 0 Å². The van der Waals surface area contributed by atoms with Gasteiger partial charge >= 0.3 is 6.03 Å². The van der Waals surface area contributed by atoms with Gasteiger partial charge in [0.15, 0.2) is 0 Å². The minimum atomic E-state index is -0.756. The van der Waals surface area contributed by atoms with Gasteiger partial charge in [-0.2, -0.15) is 11.8 Å². The molecule has 1 heterocycles. The Hall–Kier alpha value is -3.20. The Morgan fingerprint density at radius 2 is 2.03 bits per heavy atom. The molecular formula is C21H24N4O4S. The predicted octanol–water partition coefficient (Wildman–Crippen LogP) is 2.92. The molecule has 3 rings (SSSR count). The van der Waals surface area contributed by atoms with Crippen molar-refractivity contribution in [3.05, 3.63) is 48.5 Å². The highest BCUT2D eigenvalue weighted by Crippen LogP contribution is 2.29. The van der Waals surface area contributed by atoms with E-state index in [1.54, 1.807) is 67.4 Å². The Balaban J connectivity index is 1.74. The molecule has 0 radical (unpaired) electrons. The number of rotatable bonds is 7. The molecule has 2 aromatic rings. The minimum Gasteiger partial charge on any atom is -0.497 e. The summed E-state index contributed by atoms with van der Waals surface area (Å²) in [5.74, 6) is 0.687. The first-order valence-electron chi connectivity index (χ1n) is 9.42. The smallest absolute Gasteiger partial charge is 0.323 e. The number of urea groups is 1. The van der Waals surface area contributed by atoms with Gasteiger partial charge in [0, 0.05) is 11.8 Å². The molecule has 30 heavy (non-hydrogen) atoms. The lowest BCUT2D eigenvalue weighted by molar-refractivity contribution is -0.118. The van der Waals surface area contributed by atoms with Gasteiger partial charge in [-0.15, -0.1) is 0 Å². The zero-order chi connectivity index (χ0) is 21.5. The summed E-state index contributed by atoms with van der Waals surface area (Å²) in [5.41, 5.74) is 1.72. The molecule has 0 aliphatic carbocycles. The summed E-state index contributed by atoms with van der Waals surface area (Å²) >= 11 is 1.58. The number of nitrogens with one attached hydrogen (secondary N) is 3. The number of amides is 4. The first kappa shape index (κ1) is 21.5. The van der Waals surface area contributed by atoms with E-state index in [-0.39, 0.29) is 18.4 Å². The number of thioether (sulfide) groups is 1. The van der Waals surface area contributed by atoms with Crippen molar-refractivity contribution in [1.29, 1.82) is 0 Å². The molecule has 0 unspecified atom stereocenters. The zero-order valence-electron chi connectivity index (χ0n) is 16.8. The Morgan fingerprint density at radius 1 is 1.23 bits per heavy atom. The SMILES string of the molecule is COc1cccc(NC(=O)[C@H](CCSC)NC(=O)N2CC(=O)Nc3ccccc32)c1. The maximum Gasteiger partial charge on any atom is 0.323 e. The highest BCUT2D eigenvalue weighted by atomic mass is 32.2. The number of benzene rings is 2. The van der Waals surface area contributed by atoms with Crippen LogP contribution in [0.1, 0.15) is 6.42 Å². The molecule has 9 heteroatoms. The van der Waals surface area contributed by atoms with Gasteiger partial charge < -0.3 is 20.7 Å². The van der Waals surface area contributed by atoms with Crippen LogP contribution in [-0.2, 0) is 9.59 Å². The molecule has 8 nitrogen and oxygen atoms in total. The van der Waals surface area contributed by atoms with E-state index in [1.807, 2.05) is 6.26 Å². The normalized spacial score (nSPS) is 13.7. The number of anilines is 3. The highest BCUT2D eigenvalue weighted by molar-refractivity contribution is 7.98. The highest BCUT2D eigenvalue weighted by Gasteiger charge is 2.29. The summed E-state index contributed by atoms with van der Waals surface area (Å²) in [6.07, 6.45) is 2.38. The van der Waals surface area contributed by atoms with Crippen LogP contribution in [0.3, 0.4) is 0 Å². The van der Waals surface area contributed by atoms with Gasteiger partial charge in [0.1, 0.15) is 18.3 Å². The van der Waals surface area contributed by atoms with E-state index in [9.17, 15) is 14.4 Å². The third kappa shape index (κ3) is 5.24. The van der Waals surface area contributed by atoms with Gasteiger partial charge in [-0.05, 0) is 42.7 Å². The fourth-order valence-electron chi connectivity index (χ4n) is 3.08. The molecule has 0 aromatic heterocycles. The quantitative estimate of drug-likeness (QED) is 0.630. The zero-order valence-corrected chi connectivity index (χ0v) is 17.6. The lowest BCUT2D eigenvalue weighted by Gasteiger charge is -2.30. The second kappa shape index (κ2) is 10.0. The molecule has 0 bridgehead atoms. The molecule has 3 N–H and O–H groups in total. The summed E-state index contributed by atoms with van der Waals surface area (Å²) in [5, 5.41) is 8.35. The number of fused-ring (bicyclic) bond motifs is 1. The first-order chi connectivity index (χ1) is 14.5. The van der Waals surface area contributed by atoms with Crippen LogP contribution in [0.2, 0.25) is 0 Å². The van der Waals surface area contributed by atoms with E-state index in [2.05, 4.69) is 16.0 Å². The molecule has 0 saturated heterocycles. The number of hydrogen-bond acceptors (Lipinski definition) is 5. The summed E-state index contributed by atoms with van der Waals surface area (Å²) < 4.78 is 5.18. The number of nitrogens with zero attached hydrogens (tertiary/aromatic N) is 1. The second-order valence-corrected chi connectivity index (χ2v) is 7.64. The molecule has 0 saturated carbocycles. The molecule has 2 aromatic carbocycles. The standard InChI is InChI=1S/C21H24N4O4S/c1-29-15-7-5-6-14(12-15)22-20(27)17(10-11-30-2)24-21(28)25-13-19(26)23-16-8-3-4-9-18(16)25/h3-9,12,17H,10-11,13H2,1-2H3,(H,22,27)(H,23,26)(H,24,28)/t17-/m0/s1. The summed E-state index contributed by atoms with van der Waals surface area (Å²) in [6.45, 7) is -0.115. The van der Waals surface area contributed by atoms with Crippen molar-refractivity contribution in [2.24, 2.45) is 0 Å². The van der Waals surface area contributed by atoms with E-state index < -0.39 is 12.1 Å². The van der Waals surface area contributed by atoms with Crippen LogP contribution in [0.4, 0.5) is 21.9 Å². The molecule has 4 amide bonds. The van der Waals surface area contributed by atoms with Crippen molar-refractivity contribution in [2.75, 3.05) is 41.2 Å². The van der Waals surface area contributed by atoms with E-state index in [1.165, 1.54) is 4.90 Å². The van der Waals surface area contributed by atoms with Crippen LogP contribution in [0, 0.1) is 0 Å². The fourth-order valence-corrected chi connectivity index (χ4v) is 3.55. The topological polar surface area (TPSA) is 99.8 Å². The number of hydrogen-bond donors (Lipinski definition) is 3. The average Bonchev–Trinajstić information content (AvgIpc) is 2.75. The van der Waals surface area contributed by atoms with Crippen molar-refractivity contribution in [1.82, 2.24) is 5.32 Å². The monoisotopic (exact) mass is 428 g/mol. The lowest BCUT2D eigenvalue weighted by atomic mass is 10.2. The van der Waals surface area contributed by atoms with Gasteiger partial charge in [0.25, 0.3) is 0 Å². The largest absolute Gasteiger partial charge is 0.497 e. The van der Waals surface area contributed by atoms with Crippen LogP contribution in [0.5, 0.6) is 5.75 Å². The Labute approximate surface area is 179 Å². The van der Waals surface area contributed by atoms with Gasteiger partial charge in [-0.1, -0.05) is 18.2 Å². The van der Waals surface area contributed by atoms with E-state index in [0.717, 1.165) is 0 Å². The molecule has 1 aliphatic heterocycles. The lowest BCUT2D eigenvalue weighted by Crippen LogP contribution is -2.53. The van der Waals surface area contributed by atoms with E-state index in [4.69, 9.17) is 4.74 Å². The predicted molar refractivity (Wildman–Crippen MR) is 119 cm³/mol. The second-order valence-electron chi connectivity index (χ2n) is 6.66. The molecule has 158 valence electrons. The Morgan fingerprint density at radius 3 is 2.80 bits per heavy atom. The van der Waals surface area contributed by atoms with Crippen LogP contribution in [0.15, 0.2) is 48.5 Å². The summed E-state index contributed by atoms with van der Waals surface area (Å²) in [4.78, 5) is 39.2. The maximum atomic E-state index is 13.0. The summed E-state index contributed by atoms with van der Waals surface area (Å²) in [7, 11) is 1.55. The maximum absolute atomic E-state index is 13.0. The molecule has 1 aliphatic rings. The minimum absolute atomic E-state index is 0.115. The van der Waals surface area contributed by atoms with Crippen molar-refractivity contribution < 1.29 is 19.1 Å². The number of methoxy groups -OCH3 is 1. The fraction of sp³-hybridized carbons (Fsp3) is 0.286. The Kier molecular flexibility index (Phi) is 7.18. The summed E-state index contributed by atoms with van der Waals surface area (Å²) in [6, 6.07) is 12.8. The van der Waals surface area contributed by atoms with Crippen molar-refractivity contribution in [3.8, 4) is 5.75 Å². The van der Waals surface area contributed by atoms with Crippen LogP contribution in [-0.4, -0.2) is 49.6 Å². The van der Waals surface area contributed by atoms with Gasteiger partial charge in [0.2, 0.25) is 11.8 Å². The third-order valence-corrected chi connectivity index (χ3v) is 5.22. The molecule has 1 atom stereocenters. The third-order valence-electron chi connectivity index (χ3n) is 4.58. The van der Waals surface area contributed by atoms with E-state index in [0.29, 0.717) is 35.0 Å². The van der Waals surface area contributed by atoms with Crippen molar-refractivity contribution in [3.63, 3.8) is 0 Å². The number of para-hydroxylation sites is 2. The van der Waals surface area contributed by atoms with Gasteiger partial charge in [-0.3, -0.25) is 14.5 Å². The van der Waals surface area contributed by atoms with Crippen molar-refractivity contribution >= 4 is 46.7 Å². The number of ether oxygens (including phenoxy) is 1. The van der Waals surface area contributed by atoms with Crippen LogP contribution < -0.4 is 25.6 Å². The molecular weight excluding hydrogens is 404 g/mol. The van der Waals surface area contributed by atoms with Gasteiger partial charge in [-0.25, -0.2) is 4.79 Å². The molecule has 0 spiro atoms. The van der Waals surface area contributed by atoms with Crippen LogP contribution >= 0.6 is 11.8 Å². The molecule has 0 fully saturated rings. The average molecular weight is 429 g/mol. The Bertz CT molecular complexity index is 937. The van der Waals surface area contributed by atoms with Crippen LogP contribution in [0.25, 0.3) is 0 Å². The first-order valence-corrected chi connectivity index (χ1v) is 10.8.